The van der Waals surface area contributed by atoms with Gasteiger partial charge in [0.25, 0.3) is 0 Å². The molecule has 0 saturated heterocycles. The minimum Gasteiger partial charge on any atom is -0.507 e. The molecular weight excluding hydrogens is 731 g/mol. The van der Waals surface area contributed by atoms with E-state index in [0.717, 1.165) is 63.1 Å². The fourth-order valence-corrected chi connectivity index (χ4v) is 8.87. The normalized spacial score (nSPS) is 15.5. The fraction of sp³-hybridized carbons (Fsp3) is 0.702. The molecule has 316 valence electrons. The molecule has 0 saturated carbocycles. The smallest absolute Gasteiger partial charge is 0.227 e. The third-order valence-corrected chi connectivity index (χ3v) is 12.4. The van der Waals surface area contributed by atoms with Crippen molar-refractivity contribution in [2.45, 2.75) is 201 Å². The van der Waals surface area contributed by atoms with E-state index in [2.05, 4.69) is 137 Å². The summed E-state index contributed by atoms with van der Waals surface area (Å²) in [5.74, 6) is 3.34. The van der Waals surface area contributed by atoms with Crippen molar-refractivity contribution in [2.75, 3.05) is 22.2 Å². The Hall–Kier alpha value is -2.52. The molecule has 0 spiro atoms. The molecular formula is C47H79N5O2S2. The number of nitrogens with one attached hydrogen (secondary N) is 2. The van der Waals surface area contributed by atoms with Gasteiger partial charge in [0.2, 0.25) is 5.96 Å². The topological polar surface area (TPSA) is 92.5 Å². The monoisotopic (exact) mass is 810 g/mol. The van der Waals surface area contributed by atoms with Gasteiger partial charge in [-0.1, -0.05) is 173 Å². The van der Waals surface area contributed by atoms with Gasteiger partial charge in [0.05, 0.1) is 5.69 Å². The van der Waals surface area contributed by atoms with Gasteiger partial charge >= 0.3 is 0 Å². The highest BCUT2D eigenvalue weighted by Crippen LogP contribution is 2.43. The Morgan fingerprint density at radius 2 is 0.964 bits per heavy atom. The first kappa shape index (κ1) is 47.9. The molecule has 3 rings (SSSR count). The van der Waals surface area contributed by atoms with Crippen LogP contribution in [0.4, 0.5) is 11.4 Å². The van der Waals surface area contributed by atoms with Crippen molar-refractivity contribution >= 4 is 46.0 Å². The average molecular weight is 810 g/mol. The Kier molecular flexibility index (Phi) is 17.9. The molecule has 2 aromatic carbocycles. The van der Waals surface area contributed by atoms with Crippen molar-refractivity contribution < 1.29 is 10.2 Å². The first-order valence-corrected chi connectivity index (χ1v) is 23.6. The summed E-state index contributed by atoms with van der Waals surface area (Å²) in [6.45, 7) is 30.3. The van der Waals surface area contributed by atoms with Crippen LogP contribution in [-0.4, -0.2) is 43.4 Å². The Balaban J connectivity index is 2.15. The molecule has 0 fully saturated rings. The summed E-state index contributed by atoms with van der Waals surface area (Å²) >= 11 is 3.60. The number of rotatable bonds is 18. The van der Waals surface area contributed by atoms with Crippen LogP contribution in [0.5, 0.6) is 11.5 Å². The molecule has 56 heavy (non-hydrogen) atoms. The van der Waals surface area contributed by atoms with Gasteiger partial charge in [-0.05, 0) is 64.5 Å². The standard InChI is InChI=1S/C47H79N5O2S2/c1-15-17-19-21-23-25-27-55-42-49-41(48-33-29-35(44(3,4)5)39(53)36(30-33)45(6,7)8)52(43(50-42)56-28-26-24-22-20-18-16-2)51-34-31-37(46(9,10)11)40(54)38(32-34)47(12,13)14/h29-32,43,51,53-54H,15-28H2,1-14H3,(H,48,49,50). The van der Waals surface area contributed by atoms with Crippen molar-refractivity contribution in [1.29, 1.82) is 0 Å². The number of phenols is 2. The number of anilines is 2. The third-order valence-electron chi connectivity index (χ3n) is 10.3. The van der Waals surface area contributed by atoms with Crippen LogP contribution in [0.2, 0.25) is 0 Å². The van der Waals surface area contributed by atoms with Crippen molar-refractivity contribution in [2.24, 2.45) is 9.98 Å². The Labute approximate surface area is 351 Å². The quantitative estimate of drug-likeness (QED) is 0.0880. The number of unbranched alkanes of at least 4 members (excludes halogenated alkanes) is 10. The largest absolute Gasteiger partial charge is 0.507 e. The molecule has 0 amide bonds. The van der Waals surface area contributed by atoms with E-state index >= 15 is 0 Å². The molecule has 2 aromatic rings. The molecule has 1 aliphatic rings. The first-order valence-electron chi connectivity index (χ1n) is 21.6. The minimum absolute atomic E-state index is 0.274. The predicted molar refractivity (Wildman–Crippen MR) is 250 cm³/mol. The number of hydrogen-bond acceptors (Lipinski definition) is 9. The summed E-state index contributed by atoms with van der Waals surface area (Å²) in [6.07, 6.45) is 15.0. The van der Waals surface area contributed by atoms with Gasteiger partial charge < -0.3 is 15.5 Å². The molecule has 1 heterocycles. The van der Waals surface area contributed by atoms with Gasteiger partial charge in [0.15, 0.2) is 10.7 Å². The summed E-state index contributed by atoms with van der Waals surface area (Å²) in [4.78, 5) is 10.6. The molecule has 0 bridgehead atoms. The van der Waals surface area contributed by atoms with E-state index in [1.54, 1.807) is 11.8 Å². The highest BCUT2D eigenvalue weighted by atomic mass is 32.2. The van der Waals surface area contributed by atoms with Gasteiger partial charge in [-0.2, -0.15) is 4.99 Å². The SMILES string of the molecule is CCCCCCCCSC1=NC(SCCCCCCCC)N(Nc2cc(C(C)(C)C)c(O)c(C(C)(C)C)c2)C(Nc2cc(C(C)(C)C)c(O)c(C(C)(C)C)c2)=N1. The lowest BCUT2D eigenvalue weighted by Gasteiger charge is -2.36. The van der Waals surface area contributed by atoms with E-state index < -0.39 is 0 Å². The maximum absolute atomic E-state index is 11.6. The number of hydrazine groups is 1. The highest BCUT2D eigenvalue weighted by molar-refractivity contribution is 8.14. The van der Waals surface area contributed by atoms with E-state index in [9.17, 15) is 10.2 Å². The zero-order valence-corrected chi connectivity index (χ0v) is 39.5. The average Bonchev–Trinajstić information content (AvgIpc) is 3.08. The van der Waals surface area contributed by atoms with Crippen LogP contribution in [0, 0.1) is 0 Å². The Morgan fingerprint density at radius 1 is 0.571 bits per heavy atom. The molecule has 0 aliphatic carbocycles. The van der Waals surface area contributed by atoms with Crippen molar-refractivity contribution in [3.8, 4) is 11.5 Å². The van der Waals surface area contributed by atoms with E-state index in [4.69, 9.17) is 9.98 Å². The zero-order chi connectivity index (χ0) is 41.9. The van der Waals surface area contributed by atoms with Crippen molar-refractivity contribution in [3.63, 3.8) is 0 Å². The molecule has 0 radical (unpaired) electrons. The van der Waals surface area contributed by atoms with Crippen LogP contribution < -0.4 is 10.7 Å². The highest BCUT2D eigenvalue weighted by Gasteiger charge is 2.33. The zero-order valence-electron chi connectivity index (χ0n) is 37.8. The lowest BCUT2D eigenvalue weighted by molar-refractivity contribution is 0.421. The van der Waals surface area contributed by atoms with Crippen LogP contribution in [0.15, 0.2) is 34.3 Å². The second-order valence-electron chi connectivity index (χ2n) is 19.9. The second-order valence-corrected chi connectivity index (χ2v) is 22.1. The van der Waals surface area contributed by atoms with Gasteiger partial charge in [-0.15, -0.1) is 11.8 Å². The van der Waals surface area contributed by atoms with Crippen LogP contribution in [0.3, 0.4) is 0 Å². The fourth-order valence-electron chi connectivity index (χ4n) is 6.89. The molecule has 1 unspecified atom stereocenters. The maximum Gasteiger partial charge on any atom is 0.227 e. The number of thioether (sulfide) groups is 2. The number of guanidine groups is 1. The summed E-state index contributed by atoms with van der Waals surface area (Å²) in [7, 11) is 0. The lowest BCUT2D eigenvalue weighted by atomic mass is 9.79. The third kappa shape index (κ3) is 14.4. The van der Waals surface area contributed by atoms with Gasteiger partial charge in [-0.25, -0.2) is 10.0 Å². The number of aliphatic imine (C=N–C) groups is 2. The Bertz CT molecular complexity index is 1540. The number of aromatic hydroxyl groups is 2. The number of amidine groups is 1. The van der Waals surface area contributed by atoms with Crippen molar-refractivity contribution in [3.05, 3.63) is 46.5 Å². The molecule has 9 heteroatoms. The van der Waals surface area contributed by atoms with Crippen LogP contribution in [-0.2, 0) is 21.7 Å². The van der Waals surface area contributed by atoms with Crippen LogP contribution in [0.1, 0.15) is 196 Å². The van der Waals surface area contributed by atoms with Gasteiger partial charge in [-0.3, -0.25) is 5.43 Å². The van der Waals surface area contributed by atoms with E-state index in [-0.39, 0.29) is 27.2 Å². The lowest BCUT2D eigenvalue weighted by Crippen LogP contribution is -2.48. The Morgan fingerprint density at radius 3 is 1.39 bits per heavy atom. The number of hydrogen-bond donors (Lipinski definition) is 4. The summed E-state index contributed by atoms with van der Waals surface area (Å²) in [6, 6.07) is 8.32. The first-order chi connectivity index (χ1) is 26.1. The number of nitrogens with zero attached hydrogens (tertiary/aromatic N) is 3. The number of benzene rings is 2. The van der Waals surface area contributed by atoms with Gasteiger partial charge in [0, 0.05) is 33.7 Å². The predicted octanol–water partition coefficient (Wildman–Crippen LogP) is 14.2. The van der Waals surface area contributed by atoms with Crippen LogP contribution >= 0.6 is 23.5 Å². The minimum atomic E-state index is -0.276. The number of phenolic OH excluding ortho intramolecular Hbond substituents is 2. The molecule has 0 aromatic heterocycles. The van der Waals surface area contributed by atoms with Crippen molar-refractivity contribution in [1.82, 2.24) is 5.01 Å². The molecule has 1 aliphatic heterocycles. The van der Waals surface area contributed by atoms with E-state index in [1.807, 2.05) is 11.8 Å². The second kappa shape index (κ2) is 20.9. The molecule has 4 N–H and O–H groups in total. The summed E-state index contributed by atoms with van der Waals surface area (Å²) < 4.78 is 0. The summed E-state index contributed by atoms with van der Waals surface area (Å²) in [5, 5.41) is 29.8. The molecule has 1 atom stereocenters. The molecule has 7 nitrogen and oxygen atoms in total. The van der Waals surface area contributed by atoms with E-state index in [1.165, 1.54) is 64.2 Å². The van der Waals surface area contributed by atoms with E-state index in [0.29, 0.717) is 17.5 Å². The maximum atomic E-state index is 11.6. The van der Waals surface area contributed by atoms with Crippen LogP contribution in [0.25, 0.3) is 0 Å². The summed E-state index contributed by atoms with van der Waals surface area (Å²) in [5.41, 5.74) is 7.75. The van der Waals surface area contributed by atoms with Gasteiger partial charge in [0.1, 0.15) is 11.5 Å².